The van der Waals surface area contributed by atoms with Crippen molar-refractivity contribution in [2.24, 2.45) is 5.92 Å². The second-order valence-corrected chi connectivity index (χ2v) is 3.65. The summed E-state index contributed by atoms with van der Waals surface area (Å²) in [5.74, 6) is 0.155. The van der Waals surface area contributed by atoms with E-state index in [9.17, 15) is 4.79 Å². The van der Waals surface area contributed by atoms with E-state index in [2.05, 4.69) is 0 Å². The van der Waals surface area contributed by atoms with Crippen molar-refractivity contribution in [1.29, 1.82) is 0 Å². The first kappa shape index (κ1) is 8.20. The number of carbonyl (C=O) groups is 1. The smallest absolute Gasteiger partial charge is 0.171 e. The average Bonchev–Trinajstić information content (AvgIpc) is 2.48. The molecule has 1 unspecified atom stereocenters. The van der Waals surface area contributed by atoms with Crippen LogP contribution in [0, 0.1) is 5.92 Å². The molecule has 0 amide bonds. The molecule has 1 atom stereocenters. The Bertz CT molecular complexity index is 194. The number of carbonyl (C=O) groups excluding carboxylic acids is 1. The summed E-state index contributed by atoms with van der Waals surface area (Å²) in [7, 11) is 0. The van der Waals surface area contributed by atoms with Gasteiger partial charge in [-0.25, -0.2) is 0 Å². The molecular weight excluding hydrogens is 156 g/mol. The number of hydrogen-bond donors (Lipinski definition) is 0. The number of ether oxygens (including phenoxy) is 2. The molecule has 0 aromatic rings. The van der Waals surface area contributed by atoms with Crippen molar-refractivity contribution in [1.82, 2.24) is 0 Å². The van der Waals surface area contributed by atoms with E-state index < -0.39 is 5.79 Å². The minimum absolute atomic E-state index is 0.223. The van der Waals surface area contributed by atoms with Gasteiger partial charge in [0.25, 0.3) is 0 Å². The van der Waals surface area contributed by atoms with Crippen LogP contribution in [0.3, 0.4) is 0 Å². The van der Waals surface area contributed by atoms with Crippen molar-refractivity contribution < 1.29 is 14.3 Å². The third kappa shape index (κ3) is 1.17. The van der Waals surface area contributed by atoms with Crippen LogP contribution in [-0.4, -0.2) is 24.8 Å². The van der Waals surface area contributed by atoms with Gasteiger partial charge >= 0.3 is 0 Å². The van der Waals surface area contributed by atoms with Gasteiger partial charge < -0.3 is 9.47 Å². The SMILES string of the molecule is CC1CC(=O)CCC12OCCO2. The molecule has 68 valence electrons. The van der Waals surface area contributed by atoms with E-state index in [1.165, 1.54) is 0 Å². The summed E-state index contributed by atoms with van der Waals surface area (Å²) < 4.78 is 11.1. The molecule has 0 N–H and O–H groups in total. The highest BCUT2D eigenvalue weighted by Crippen LogP contribution is 2.38. The van der Waals surface area contributed by atoms with Gasteiger partial charge in [0, 0.05) is 25.2 Å². The minimum Gasteiger partial charge on any atom is -0.347 e. The lowest BCUT2D eigenvalue weighted by atomic mass is 9.84. The third-order valence-electron chi connectivity index (χ3n) is 2.81. The van der Waals surface area contributed by atoms with E-state index in [0.717, 1.165) is 6.42 Å². The highest BCUT2D eigenvalue weighted by atomic mass is 16.7. The second-order valence-electron chi connectivity index (χ2n) is 3.65. The summed E-state index contributed by atoms with van der Waals surface area (Å²) in [4.78, 5) is 11.1. The summed E-state index contributed by atoms with van der Waals surface area (Å²) >= 11 is 0. The van der Waals surface area contributed by atoms with Gasteiger partial charge in [0.15, 0.2) is 5.79 Å². The molecule has 1 aliphatic heterocycles. The van der Waals surface area contributed by atoms with Crippen LogP contribution in [0.25, 0.3) is 0 Å². The van der Waals surface area contributed by atoms with Crippen LogP contribution < -0.4 is 0 Å². The van der Waals surface area contributed by atoms with E-state index in [1.54, 1.807) is 0 Å². The Balaban J connectivity index is 2.10. The number of rotatable bonds is 0. The van der Waals surface area contributed by atoms with Gasteiger partial charge in [0.1, 0.15) is 5.78 Å². The fourth-order valence-corrected chi connectivity index (χ4v) is 2.06. The van der Waals surface area contributed by atoms with Gasteiger partial charge in [-0.2, -0.15) is 0 Å². The predicted molar refractivity (Wildman–Crippen MR) is 42.7 cm³/mol. The van der Waals surface area contributed by atoms with Crippen LogP contribution in [-0.2, 0) is 14.3 Å². The first-order valence-corrected chi connectivity index (χ1v) is 4.52. The standard InChI is InChI=1S/C9H14O3/c1-7-6-8(10)2-3-9(7)11-4-5-12-9/h7H,2-6H2,1H3. The molecule has 1 heterocycles. The Hall–Kier alpha value is -0.410. The lowest BCUT2D eigenvalue weighted by Crippen LogP contribution is -2.42. The molecule has 2 fully saturated rings. The molecule has 1 saturated heterocycles. The fourth-order valence-electron chi connectivity index (χ4n) is 2.06. The molecule has 1 aliphatic carbocycles. The van der Waals surface area contributed by atoms with Crippen LogP contribution in [0.2, 0.25) is 0 Å². The first-order chi connectivity index (χ1) is 5.73. The summed E-state index contributed by atoms with van der Waals surface area (Å²) in [6.07, 6.45) is 1.97. The van der Waals surface area contributed by atoms with Gasteiger partial charge in [0.05, 0.1) is 13.2 Å². The van der Waals surface area contributed by atoms with E-state index in [0.29, 0.717) is 31.8 Å². The van der Waals surface area contributed by atoms with Crippen LogP contribution in [0.4, 0.5) is 0 Å². The van der Waals surface area contributed by atoms with Crippen molar-refractivity contribution in [2.75, 3.05) is 13.2 Å². The molecule has 2 aliphatic rings. The van der Waals surface area contributed by atoms with Crippen LogP contribution in [0.15, 0.2) is 0 Å². The summed E-state index contributed by atoms with van der Waals surface area (Å²) in [5, 5.41) is 0. The molecule has 3 heteroatoms. The van der Waals surface area contributed by atoms with Crippen molar-refractivity contribution in [3.05, 3.63) is 0 Å². The molecule has 1 saturated carbocycles. The fraction of sp³-hybridized carbons (Fsp3) is 0.889. The molecule has 2 rings (SSSR count). The molecule has 0 bridgehead atoms. The quantitative estimate of drug-likeness (QED) is 0.546. The Labute approximate surface area is 72.0 Å². The molecule has 1 spiro atoms. The van der Waals surface area contributed by atoms with Gasteiger partial charge in [-0.15, -0.1) is 0 Å². The first-order valence-electron chi connectivity index (χ1n) is 4.52. The zero-order valence-corrected chi connectivity index (χ0v) is 7.34. The van der Waals surface area contributed by atoms with Crippen LogP contribution in [0.5, 0.6) is 0 Å². The Morgan fingerprint density at radius 2 is 2.08 bits per heavy atom. The molecule has 0 aromatic heterocycles. The molecule has 3 nitrogen and oxygen atoms in total. The topological polar surface area (TPSA) is 35.5 Å². The highest BCUT2D eigenvalue weighted by molar-refractivity contribution is 5.79. The molecular formula is C9H14O3. The Kier molecular flexibility index (Phi) is 1.93. The van der Waals surface area contributed by atoms with Crippen LogP contribution in [0.1, 0.15) is 26.2 Å². The van der Waals surface area contributed by atoms with E-state index in [1.807, 2.05) is 6.92 Å². The summed E-state index contributed by atoms with van der Waals surface area (Å²) in [6.45, 7) is 3.39. The van der Waals surface area contributed by atoms with Crippen molar-refractivity contribution in [3.8, 4) is 0 Å². The largest absolute Gasteiger partial charge is 0.347 e. The highest BCUT2D eigenvalue weighted by Gasteiger charge is 2.45. The molecule has 12 heavy (non-hydrogen) atoms. The average molecular weight is 170 g/mol. The normalized spacial score (nSPS) is 34.4. The molecule has 0 aromatic carbocycles. The van der Waals surface area contributed by atoms with Crippen LogP contribution >= 0.6 is 0 Å². The predicted octanol–water partition coefficient (Wildman–Crippen LogP) is 1.12. The maximum atomic E-state index is 11.1. The molecule has 0 radical (unpaired) electrons. The zero-order valence-electron chi connectivity index (χ0n) is 7.34. The number of Topliss-reactive ketones (excluding diaryl/α,β-unsaturated/α-hetero) is 1. The van der Waals surface area contributed by atoms with E-state index in [4.69, 9.17) is 9.47 Å². The summed E-state index contributed by atoms with van der Waals surface area (Å²) in [5.41, 5.74) is 0. The lowest BCUT2D eigenvalue weighted by Gasteiger charge is -2.36. The monoisotopic (exact) mass is 170 g/mol. The number of hydrogen-bond acceptors (Lipinski definition) is 3. The number of ketones is 1. The van der Waals surface area contributed by atoms with Crippen molar-refractivity contribution >= 4 is 5.78 Å². The second kappa shape index (κ2) is 2.82. The van der Waals surface area contributed by atoms with Gasteiger partial charge in [-0.05, 0) is 0 Å². The van der Waals surface area contributed by atoms with E-state index in [-0.39, 0.29) is 5.92 Å². The van der Waals surface area contributed by atoms with Gasteiger partial charge in [0.2, 0.25) is 0 Å². The lowest BCUT2D eigenvalue weighted by molar-refractivity contribution is -0.207. The third-order valence-corrected chi connectivity index (χ3v) is 2.81. The Morgan fingerprint density at radius 3 is 2.67 bits per heavy atom. The maximum absolute atomic E-state index is 11.1. The summed E-state index contributed by atoms with van der Waals surface area (Å²) in [6, 6.07) is 0. The Morgan fingerprint density at radius 1 is 1.42 bits per heavy atom. The van der Waals surface area contributed by atoms with E-state index >= 15 is 0 Å². The van der Waals surface area contributed by atoms with Gasteiger partial charge in [-0.1, -0.05) is 6.92 Å². The minimum atomic E-state index is -0.409. The van der Waals surface area contributed by atoms with Gasteiger partial charge in [-0.3, -0.25) is 4.79 Å². The van der Waals surface area contributed by atoms with Crippen molar-refractivity contribution in [2.45, 2.75) is 32.0 Å². The maximum Gasteiger partial charge on any atom is 0.171 e. The zero-order chi connectivity index (χ0) is 8.60. The van der Waals surface area contributed by atoms with Crippen molar-refractivity contribution in [3.63, 3.8) is 0 Å².